The van der Waals surface area contributed by atoms with Gasteiger partial charge in [0.2, 0.25) is 0 Å². The maximum Gasteiger partial charge on any atom is 0.0602 e. The van der Waals surface area contributed by atoms with Crippen LogP contribution in [0, 0.1) is 0 Å². The number of hydrogen-bond acceptors (Lipinski definition) is 4. The van der Waals surface area contributed by atoms with E-state index < -0.39 is 0 Å². The lowest BCUT2D eigenvalue weighted by Gasteiger charge is -2.31. The molecule has 4 nitrogen and oxygen atoms in total. The van der Waals surface area contributed by atoms with Gasteiger partial charge in [0.05, 0.1) is 24.6 Å². The van der Waals surface area contributed by atoms with Crippen LogP contribution in [-0.2, 0) is 4.74 Å². The lowest BCUT2D eigenvalue weighted by Crippen LogP contribution is -2.39. The van der Waals surface area contributed by atoms with E-state index in [1.165, 1.54) is 43.7 Å². The van der Waals surface area contributed by atoms with Gasteiger partial charge in [-0.05, 0) is 31.4 Å². The van der Waals surface area contributed by atoms with Crippen molar-refractivity contribution in [3.63, 3.8) is 0 Å². The fourth-order valence-corrected chi connectivity index (χ4v) is 3.21. The number of piperidine rings is 1. The average Bonchev–Trinajstić information content (AvgIpc) is 2.57. The topological polar surface area (TPSA) is 27.7 Å². The van der Waals surface area contributed by atoms with Crippen LogP contribution in [0.5, 0.6) is 0 Å². The van der Waals surface area contributed by atoms with E-state index in [2.05, 4.69) is 39.4 Å². The molecule has 2 heterocycles. The molecule has 0 amide bonds. The molecule has 4 heteroatoms. The number of hydrogen-bond donors (Lipinski definition) is 1. The van der Waals surface area contributed by atoms with E-state index in [1.807, 2.05) is 0 Å². The number of benzene rings is 1. The predicted molar refractivity (Wildman–Crippen MR) is 88.3 cm³/mol. The van der Waals surface area contributed by atoms with Crippen molar-refractivity contribution in [3.8, 4) is 0 Å². The second-order valence-electron chi connectivity index (χ2n) is 5.95. The summed E-state index contributed by atoms with van der Waals surface area (Å²) in [5.41, 5.74) is 2.66. The zero-order valence-electron chi connectivity index (χ0n) is 12.9. The molecule has 0 aromatic heterocycles. The summed E-state index contributed by atoms with van der Waals surface area (Å²) in [6.07, 6.45) is 4.02. The van der Waals surface area contributed by atoms with Crippen LogP contribution >= 0.6 is 0 Å². The van der Waals surface area contributed by atoms with Crippen molar-refractivity contribution in [2.75, 3.05) is 62.7 Å². The summed E-state index contributed by atoms with van der Waals surface area (Å²) in [5.74, 6) is 0. The molecule has 1 aromatic rings. The van der Waals surface area contributed by atoms with E-state index >= 15 is 0 Å². The summed E-state index contributed by atoms with van der Waals surface area (Å²) in [6.45, 7) is 8.38. The molecule has 3 rings (SSSR count). The number of rotatable bonds is 5. The molecule has 0 saturated carbocycles. The Morgan fingerprint density at radius 1 is 0.952 bits per heavy atom. The molecule has 116 valence electrons. The van der Waals surface area contributed by atoms with Gasteiger partial charge in [-0.3, -0.25) is 4.90 Å². The number of para-hydroxylation sites is 2. The quantitative estimate of drug-likeness (QED) is 0.901. The van der Waals surface area contributed by atoms with Gasteiger partial charge in [0.1, 0.15) is 0 Å². The highest BCUT2D eigenvalue weighted by Gasteiger charge is 2.14. The van der Waals surface area contributed by atoms with Crippen molar-refractivity contribution >= 4 is 11.4 Å². The highest BCUT2D eigenvalue weighted by molar-refractivity contribution is 5.70. The second-order valence-corrected chi connectivity index (χ2v) is 5.95. The molecule has 2 fully saturated rings. The summed E-state index contributed by atoms with van der Waals surface area (Å²) in [4.78, 5) is 5.00. The highest BCUT2D eigenvalue weighted by Crippen LogP contribution is 2.27. The Morgan fingerprint density at radius 2 is 1.71 bits per heavy atom. The Bertz CT molecular complexity index is 426. The molecular formula is C17H27N3O. The second kappa shape index (κ2) is 7.66. The van der Waals surface area contributed by atoms with Crippen LogP contribution in [0.15, 0.2) is 24.3 Å². The highest BCUT2D eigenvalue weighted by atomic mass is 16.5. The summed E-state index contributed by atoms with van der Waals surface area (Å²) in [5, 5.41) is 3.63. The first-order valence-corrected chi connectivity index (χ1v) is 8.31. The smallest absolute Gasteiger partial charge is 0.0602 e. The number of anilines is 2. The molecule has 0 unspecified atom stereocenters. The van der Waals surface area contributed by atoms with Crippen LogP contribution in [0.25, 0.3) is 0 Å². The van der Waals surface area contributed by atoms with Crippen LogP contribution in [0.3, 0.4) is 0 Å². The van der Waals surface area contributed by atoms with Gasteiger partial charge < -0.3 is 15.0 Å². The zero-order chi connectivity index (χ0) is 14.3. The van der Waals surface area contributed by atoms with E-state index in [-0.39, 0.29) is 0 Å². The molecule has 0 atom stereocenters. The lowest BCUT2D eigenvalue weighted by molar-refractivity contribution is 0.0398. The van der Waals surface area contributed by atoms with Crippen molar-refractivity contribution in [1.29, 1.82) is 0 Å². The maximum absolute atomic E-state index is 5.39. The van der Waals surface area contributed by atoms with Crippen LogP contribution < -0.4 is 10.2 Å². The monoisotopic (exact) mass is 289 g/mol. The molecular weight excluding hydrogens is 262 g/mol. The third-order valence-electron chi connectivity index (χ3n) is 4.45. The number of nitrogens with one attached hydrogen (secondary N) is 1. The van der Waals surface area contributed by atoms with Crippen molar-refractivity contribution in [2.45, 2.75) is 19.3 Å². The fourth-order valence-electron chi connectivity index (χ4n) is 3.21. The van der Waals surface area contributed by atoms with E-state index in [0.29, 0.717) is 0 Å². The molecule has 2 saturated heterocycles. The lowest BCUT2D eigenvalue weighted by atomic mass is 10.1. The van der Waals surface area contributed by atoms with Crippen LogP contribution in [0.2, 0.25) is 0 Å². The minimum atomic E-state index is 0.879. The minimum absolute atomic E-state index is 0.879. The fraction of sp³-hybridized carbons (Fsp3) is 0.647. The standard InChI is InChI=1S/C17H27N3O/c1-4-9-20(10-5-1)17-7-3-2-6-16(17)18-8-11-19-12-14-21-15-13-19/h2-3,6-7,18H,1,4-5,8-15H2. The van der Waals surface area contributed by atoms with E-state index in [0.717, 1.165) is 39.4 Å². The average molecular weight is 289 g/mol. The zero-order valence-corrected chi connectivity index (χ0v) is 12.9. The van der Waals surface area contributed by atoms with Gasteiger partial charge in [0, 0.05) is 39.3 Å². The number of nitrogens with zero attached hydrogens (tertiary/aromatic N) is 2. The van der Waals surface area contributed by atoms with Crippen LogP contribution in [-0.4, -0.2) is 57.4 Å². The van der Waals surface area contributed by atoms with Crippen LogP contribution in [0.1, 0.15) is 19.3 Å². The van der Waals surface area contributed by atoms with Gasteiger partial charge in [0.15, 0.2) is 0 Å². The predicted octanol–water partition coefficient (Wildman–Crippen LogP) is 2.42. The third-order valence-corrected chi connectivity index (χ3v) is 4.45. The van der Waals surface area contributed by atoms with Gasteiger partial charge in [-0.1, -0.05) is 12.1 Å². The van der Waals surface area contributed by atoms with Gasteiger partial charge in [-0.15, -0.1) is 0 Å². The molecule has 2 aliphatic heterocycles. The maximum atomic E-state index is 5.39. The van der Waals surface area contributed by atoms with Crippen molar-refractivity contribution in [1.82, 2.24) is 4.90 Å². The molecule has 0 bridgehead atoms. The summed E-state index contributed by atoms with van der Waals surface area (Å²) in [6, 6.07) is 8.74. The molecule has 1 N–H and O–H groups in total. The summed E-state index contributed by atoms with van der Waals surface area (Å²) in [7, 11) is 0. The molecule has 0 spiro atoms. The van der Waals surface area contributed by atoms with Gasteiger partial charge in [0.25, 0.3) is 0 Å². The Kier molecular flexibility index (Phi) is 5.35. The first-order chi connectivity index (χ1) is 10.4. The van der Waals surface area contributed by atoms with Crippen molar-refractivity contribution in [3.05, 3.63) is 24.3 Å². The minimum Gasteiger partial charge on any atom is -0.382 e. The van der Waals surface area contributed by atoms with Crippen molar-refractivity contribution < 1.29 is 4.74 Å². The van der Waals surface area contributed by atoms with Crippen molar-refractivity contribution in [2.24, 2.45) is 0 Å². The number of morpholine rings is 1. The van der Waals surface area contributed by atoms with Gasteiger partial charge in [-0.25, -0.2) is 0 Å². The first kappa shape index (κ1) is 14.7. The summed E-state index contributed by atoms with van der Waals surface area (Å²) < 4.78 is 5.39. The first-order valence-electron chi connectivity index (χ1n) is 8.31. The molecule has 1 aromatic carbocycles. The normalized spacial score (nSPS) is 20.5. The number of ether oxygens (including phenoxy) is 1. The Balaban J connectivity index is 1.54. The Morgan fingerprint density at radius 3 is 2.52 bits per heavy atom. The largest absolute Gasteiger partial charge is 0.382 e. The molecule has 21 heavy (non-hydrogen) atoms. The SMILES string of the molecule is c1ccc(N2CCCCC2)c(NCCN2CCOCC2)c1. The van der Waals surface area contributed by atoms with E-state index in [4.69, 9.17) is 4.74 Å². The summed E-state index contributed by atoms with van der Waals surface area (Å²) >= 11 is 0. The van der Waals surface area contributed by atoms with E-state index in [1.54, 1.807) is 0 Å². The molecule has 0 aliphatic carbocycles. The third kappa shape index (κ3) is 4.11. The van der Waals surface area contributed by atoms with Crippen LogP contribution in [0.4, 0.5) is 11.4 Å². The Hall–Kier alpha value is -1.26. The molecule has 0 radical (unpaired) electrons. The van der Waals surface area contributed by atoms with Gasteiger partial charge >= 0.3 is 0 Å². The molecule has 2 aliphatic rings. The van der Waals surface area contributed by atoms with E-state index in [9.17, 15) is 0 Å². The Labute approximate surface area is 128 Å². The van der Waals surface area contributed by atoms with Gasteiger partial charge in [-0.2, -0.15) is 0 Å².